The van der Waals surface area contributed by atoms with Gasteiger partial charge in [-0.15, -0.1) is 0 Å². The molecule has 0 aliphatic heterocycles. The first-order valence-corrected chi connectivity index (χ1v) is 20.2. The van der Waals surface area contributed by atoms with Crippen molar-refractivity contribution in [1.29, 1.82) is 0 Å². The number of hydrogen-bond donors (Lipinski definition) is 0. The van der Waals surface area contributed by atoms with Crippen molar-refractivity contribution in [1.82, 2.24) is 0 Å². The molecule has 0 saturated heterocycles. The lowest BCUT2D eigenvalue weighted by atomic mass is 9.72. The molecule has 7 aromatic rings. The van der Waals surface area contributed by atoms with Crippen LogP contribution in [0.5, 0.6) is 0 Å². The molecule has 0 spiro atoms. The van der Waals surface area contributed by atoms with E-state index in [1.165, 1.54) is 152 Å². The summed E-state index contributed by atoms with van der Waals surface area (Å²) in [4.78, 5) is 0. The topological polar surface area (TPSA) is 26.3 Å². The van der Waals surface area contributed by atoms with Crippen molar-refractivity contribution in [3.63, 3.8) is 0 Å². The quantitative estimate of drug-likeness (QED) is 0.182. The van der Waals surface area contributed by atoms with Gasteiger partial charge in [-0.3, -0.25) is 0 Å². The Labute approximate surface area is 318 Å². The van der Waals surface area contributed by atoms with Crippen LogP contribution in [0.15, 0.2) is 118 Å². The first-order valence-electron chi connectivity index (χ1n) is 20.2. The fraction of sp³-hybridized carbons (Fsp3) is 0.269. The minimum Gasteiger partial charge on any atom is -0.464 e. The van der Waals surface area contributed by atoms with Crippen LogP contribution in [0.1, 0.15) is 97.9 Å². The lowest BCUT2D eigenvalue weighted by molar-refractivity contribution is 0.581. The molecule has 0 fully saturated rings. The van der Waals surface area contributed by atoms with E-state index >= 15 is 0 Å². The van der Waals surface area contributed by atoms with Crippen LogP contribution >= 0.6 is 0 Å². The van der Waals surface area contributed by atoms with Crippen molar-refractivity contribution in [2.24, 2.45) is 0 Å². The highest BCUT2D eigenvalue weighted by Gasteiger charge is 2.47. The third-order valence-corrected chi connectivity index (χ3v) is 13.6. The molecular weight excluding hydrogens is 657 g/mol. The SMILES string of the molecule is CC1(C)c2cc(-c3ccc4c(c3)CCCC4)cc(-c3ccco3)c2-c2ccc3c(c21)C(C)(C)c1cc(-c2ccc4c(c2)CCCC4)cc(-c2ccco2)c1-3. The molecule has 0 atom stereocenters. The zero-order chi connectivity index (χ0) is 36.3. The van der Waals surface area contributed by atoms with Gasteiger partial charge in [0.2, 0.25) is 0 Å². The molecule has 266 valence electrons. The molecule has 4 aliphatic rings. The molecule has 54 heavy (non-hydrogen) atoms. The zero-order valence-corrected chi connectivity index (χ0v) is 31.9. The van der Waals surface area contributed by atoms with Gasteiger partial charge >= 0.3 is 0 Å². The molecule has 5 aromatic carbocycles. The summed E-state index contributed by atoms with van der Waals surface area (Å²) >= 11 is 0. The lowest BCUT2D eigenvalue weighted by Crippen LogP contribution is -2.24. The second kappa shape index (κ2) is 11.6. The summed E-state index contributed by atoms with van der Waals surface area (Å²) in [6.07, 6.45) is 13.5. The van der Waals surface area contributed by atoms with E-state index in [9.17, 15) is 0 Å². The number of aryl methyl sites for hydroxylation is 4. The van der Waals surface area contributed by atoms with Gasteiger partial charge in [0.05, 0.1) is 12.5 Å². The highest BCUT2D eigenvalue weighted by Crippen LogP contribution is 2.62. The predicted molar refractivity (Wildman–Crippen MR) is 221 cm³/mol. The van der Waals surface area contributed by atoms with Gasteiger partial charge in [-0.2, -0.15) is 0 Å². The van der Waals surface area contributed by atoms with Gasteiger partial charge in [0.15, 0.2) is 0 Å². The molecule has 0 amide bonds. The Morgan fingerprint density at radius 3 is 1.24 bits per heavy atom. The molecule has 0 unspecified atom stereocenters. The highest BCUT2D eigenvalue weighted by atomic mass is 16.3. The molecular formula is C52H46O2. The second-order valence-electron chi connectivity index (χ2n) is 17.4. The molecule has 2 heteroatoms. The largest absolute Gasteiger partial charge is 0.464 e. The summed E-state index contributed by atoms with van der Waals surface area (Å²) < 4.78 is 12.5. The van der Waals surface area contributed by atoms with Crippen LogP contribution in [0.4, 0.5) is 0 Å². The van der Waals surface area contributed by atoms with Crippen LogP contribution in [0.3, 0.4) is 0 Å². The summed E-state index contributed by atoms with van der Waals surface area (Å²) in [5.41, 5.74) is 24.0. The summed E-state index contributed by atoms with van der Waals surface area (Å²) in [5.74, 6) is 1.85. The van der Waals surface area contributed by atoms with Crippen molar-refractivity contribution in [3.8, 4) is 67.2 Å². The predicted octanol–water partition coefficient (Wildman–Crippen LogP) is 13.9. The maximum atomic E-state index is 6.23. The van der Waals surface area contributed by atoms with Gasteiger partial charge < -0.3 is 8.83 Å². The van der Waals surface area contributed by atoms with Crippen LogP contribution in [-0.4, -0.2) is 0 Å². The van der Waals surface area contributed by atoms with E-state index in [2.05, 4.69) is 113 Å². The number of furan rings is 2. The average Bonchev–Trinajstić information content (AvgIpc) is 4.01. The Balaban J connectivity index is 1.13. The van der Waals surface area contributed by atoms with E-state index in [-0.39, 0.29) is 10.8 Å². The molecule has 2 aromatic heterocycles. The van der Waals surface area contributed by atoms with Gasteiger partial charge in [-0.1, -0.05) is 76.2 Å². The number of rotatable bonds is 4. The maximum absolute atomic E-state index is 6.23. The van der Waals surface area contributed by atoms with Crippen molar-refractivity contribution >= 4 is 0 Å². The maximum Gasteiger partial charge on any atom is 0.134 e. The Kier molecular flexibility index (Phi) is 6.89. The number of fused-ring (bicyclic) bond motifs is 9. The summed E-state index contributed by atoms with van der Waals surface area (Å²) in [5, 5.41) is 0. The van der Waals surface area contributed by atoms with Crippen LogP contribution in [0.25, 0.3) is 67.2 Å². The fourth-order valence-corrected chi connectivity index (χ4v) is 10.8. The van der Waals surface area contributed by atoms with Gasteiger partial charge in [0.25, 0.3) is 0 Å². The fourth-order valence-electron chi connectivity index (χ4n) is 10.8. The molecule has 4 aliphatic carbocycles. The second-order valence-corrected chi connectivity index (χ2v) is 17.4. The Morgan fingerprint density at radius 2 is 0.833 bits per heavy atom. The normalized spacial score (nSPS) is 17.0. The van der Waals surface area contributed by atoms with E-state index in [1.54, 1.807) is 0 Å². The van der Waals surface area contributed by atoms with E-state index in [4.69, 9.17) is 8.83 Å². The van der Waals surface area contributed by atoms with E-state index in [0.29, 0.717) is 0 Å². The van der Waals surface area contributed by atoms with Crippen molar-refractivity contribution in [2.45, 2.75) is 89.9 Å². The van der Waals surface area contributed by atoms with Crippen molar-refractivity contribution in [3.05, 3.63) is 154 Å². The van der Waals surface area contributed by atoms with Crippen LogP contribution in [0.2, 0.25) is 0 Å². The Hall–Kier alpha value is -5.34. The van der Waals surface area contributed by atoms with Crippen LogP contribution < -0.4 is 0 Å². The first-order chi connectivity index (χ1) is 26.3. The number of benzene rings is 5. The first kappa shape index (κ1) is 32.1. The minimum atomic E-state index is -0.243. The van der Waals surface area contributed by atoms with E-state index < -0.39 is 0 Å². The van der Waals surface area contributed by atoms with Gasteiger partial charge in [0, 0.05) is 22.0 Å². The van der Waals surface area contributed by atoms with E-state index in [0.717, 1.165) is 11.5 Å². The van der Waals surface area contributed by atoms with Gasteiger partial charge in [-0.05, 0) is 189 Å². The molecule has 0 radical (unpaired) electrons. The average molecular weight is 703 g/mol. The molecule has 2 nitrogen and oxygen atoms in total. The van der Waals surface area contributed by atoms with Crippen molar-refractivity contribution in [2.75, 3.05) is 0 Å². The lowest BCUT2D eigenvalue weighted by Gasteiger charge is -2.31. The van der Waals surface area contributed by atoms with Crippen molar-refractivity contribution < 1.29 is 8.83 Å². The monoisotopic (exact) mass is 702 g/mol. The summed E-state index contributed by atoms with van der Waals surface area (Å²) in [6, 6.07) is 37.3. The third kappa shape index (κ3) is 4.58. The Bertz CT molecular complexity index is 2460. The highest BCUT2D eigenvalue weighted by molar-refractivity contribution is 6.01. The molecule has 11 rings (SSSR count). The molecule has 0 N–H and O–H groups in total. The number of hydrogen-bond acceptors (Lipinski definition) is 2. The summed E-state index contributed by atoms with van der Waals surface area (Å²) in [7, 11) is 0. The van der Waals surface area contributed by atoms with Crippen LogP contribution in [0, 0.1) is 0 Å². The molecule has 0 bridgehead atoms. The minimum absolute atomic E-state index is 0.243. The van der Waals surface area contributed by atoms with Crippen LogP contribution in [-0.2, 0) is 36.5 Å². The third-order valence-electron chi connectivity index (χ3n) is 13.6. The van der Waals surface area contributed by atoms with Gasteiger partial charge in [0.1, 0.15) is 11.5 Å². The summed E-state index contributed by atoms with van der Waals surface area (Å²) in [6.45, 7) is 9.80. The molecule has 2 heterocycles. The van der Waals surface area contributed by atoms with E-state index in [1.807, 2.05) is 24.7 Å². The van der Waals surface area contributed by atoms with Gasteiger partial charge in [-0.25, -0.2) is 0 Å². The molecule has 0 saturated carbocycles. The smallest absolute Gasteiger partial charge is 0.134 e. The Morgan fingerprint density at radius 1 is 0.407 bits per heavy atom. The standard InChI is InChI=1S/C52H46O2/c1-51(2)43-29-37(35-19-17-31-11-5-7-13-33(31)25-35)27-41(45-15-9-23-53-45)47(43)39-21-22-40-48-42(46-16-10-24-54-46)28-38(30-44(48)52(3,4)50(40)49(39)51)36-20-18-32-12-6-8-14-34(32)26-36/h9-10,15-30H,5-8,11-14H2,1-4H3. The zero-order valence-electron chi connectivity index (χ0n) is 31.9.